The van der Waals surface area contributed by atoms with Crippen LogP contribution in [0, 0.1) is 0 Å². The molecular weight excluding hydrogens is 459 g/mol. The van der Waals surface area contributed by atoms with Crippen LogP contribution in [0.3, 0.4) is 0 Å². The van der Waals surface area contributed by atoms with Gasteiger partial charge in [0.25, 0.3) is 5.91 Å². The summed E-state index contributed by atoms with van der Waals surface area (Å²) in [6.45, 7) is 5.03. The van der Waals surface area contributed by atoms with E-state index in [4.69, 9.17) is 32.9 Å². The SMILES string of the molecule is O=C(NC1CCN(c2nccc3cc(N4CCOCC4)ccc23)CC1)c1cccc(Cl)c1Cl. The Kier molecular flexibility index (Phi) is 6.58. The molecule has 6 nitrogen and oxygen atoms in total. The second kappa shape index (κ2) is 9.75. The van der Waals surface area contributed by atoms with Gasteiger partial charge in [-0.2, -0.15) is 0 Å². The third kappa shape index (κ3) is 4.74. The quantitative estimate of drug-likeness (QED) is 0.577. The number of carbonyl (C=O) groups is 1. The molecule has 0 aliphatic carbocycles. The predicted molar refractivity (Wildman–Crippen MR) is 134 cm³/mol. The van der Waals surface area contributed by atoms with Crippen LogP contribution in [0.15, 0.2) is 48.7 Å². The summed E-state index contributed by atoms with van der Waals surface area (Å²) in [6, 6.07) is 13.9. The summed E-state index contributed by atoms with van der Waals surface area (Å²) in [6.07, 6.45) is 3.57. The highest BCUT2D eigenvalue weighted by molar-refractivity contribution is 6.43. The number of fused-ring (bicyclic) bond motifs is 1. The number of benzene rings is 2. The van der Waals surface area contributed by atoms with E-state index in [1.165, 1.54) is 11.1 Å². The molecule has 0 unspecified atom stereocenters. The molecule has 0 spiro atoms. The van der Waals surface area contributed by atoms with Gasteiger partial charge in [0.05, 0.1) is 28.8 Å². The van der Waals surface area contributed by atoms with E-state index in [0.29, 0.717) is 15.6 Å². The summed E-state index contributed by atoms with van der Waals surface area (Å²) in [4.78, 5) is 22.1. The standard InChI is InChI=1S/C25H26Cl2N4O2/c26-22-3-1-2-21(23(22)27)25(32)29-18-7-10-31(11-8-18)24-20-5-4-19(16-17(20)6-9-28-24)30-12-14-33-15-13-30/h1-6,9,16,18H,7-8,10-15H2,(H,29,32). The Labute approximate surface area is 203 Å². The summed E-state index contributed by atoms with van der Waals surface area (Å²) in [5.74, 6) is 0.823. The Balaban J connectivity index is 1.26. The Bertz CT molecular complexity index is 1160. The highest BCUT2D eigenvalue weighted by atomic mass is 35.5. The van der Waals surface area contributed by atoms with E-state index in [1.54, 1.807) is 18.2 Å². The monoisotopic (exact) mass is 484 g/mol. The predicted octanol–water partition coefficient (Wildman–Crippen LogP) is 4.78. The lowest BCUT2D eigenvalue weighted by Gasteiger charge is -2.34. The average molecular weight is 485 g/mol. The van der Waals surface area contributed by atoms with Gasteiger partial charge in [0.15, 0.2) is 0 Å². The second-order valence-corrected chi connectivity index (χ2v) is 9.26. The Morgan fingerprint density at radius 2 is 1.79 bits per heavy atom. The first kappa shape index (κ1) is 22.3. The van der Waals surface area contributed by atoms with Crippen LogP contribution in [0.25, 0.3) is 10.8 Å². The minimum absolute atomic E-state index is 0.0895. The second-order valence-electron chi connectivity index (χ2n) is 8.48. The molecule has 172 valence electrons. The Hall–Kier alpha value is -2.54. The third-order valence-corrected chi connectivity index (χ3v) is 7.25. The van der Waals surface area contributed by atoms with Crippen molar-refractivity contribution < 1.29 is 9.53 Å². The Morgan fingerprint density at radius 3 is 2.58 bits per heavy atom. The molecule has 0 saturated carbocycles. The van der Waals surface area contributed by atoms with Crippen molar-refractivity contribution >= 4 is 51.4 Å². The number of aromatic nitrogens is 1. The zero-order valence-electron chi connectivity index (χ0n) is 18.3. The van der Waals surface area contributed by atoms with Crippen LogP contribution in [0.2, 0.25) is 10.0 Å². The summed E-state index contributed by atoms with van der Waals surface area (Å²) in [5.41, 5.74) is 1.64. The van der Waals surface area contributed by atoms with Crippen molar-refractivity contribution in [3.05, 3.63) is 64.3 Å². The van der Waals surface area contributed by atoms with Gasteiger partial charge in [0.1, 0.15) is 5.82 Å². The molecule has 2 saturated heterocycles. The maximum absolute atomic E-state index is 12.7. The number of carbonyl (C=O) groups excluding carboxylic acids is 1. The first-order chi connectivity index (χ1) is 16.1. The van der Waals surface area contributed by atoms with E-state index < -0.39 is 0 Å². The normalized spacial score (nSPS) is 17.4. The molecule has 0 radical (unpaired) electrons. The van der Waals surface area contributed by atoms with Gasteiger partial charge in [0, 0.05) is 49.5 Å². The molecule has 1 amide bonds. The molecule has 2 aliphatic heterocycles. The maximum Gasteiger partial charge on any atom is 0.253 e. The van der Waals surface area contributed by atoms with Crippen LogP contribution >= 0.6 is 23.2 Å². The molecule has 33 heavy (non-hydrogen) atoms. The summed E-state index contributed by atoms with van der Waals surface area (Å²) >= 11 is 12.3. The van der Waals surface area contributed by atoms with Crippen molar-refractivity contribution in [1.82, 2.24) is 10.3 Å². The van der Waals surface area contributed by atoms with Crippen LogP contribution in [-0.2, 0) is 4.74 Å². The molecule has 2 fully saturated rings. The fourth-order valence-electron chi connectivity index (χ4n) is 4.60. The van der Waals surface area contributed by atoms with Crippen LogP contribution < -0.4 is 15.1 Å². The van der Waals surface area contributed by atoms with Gasteiger partial charge in [-0.1, -0.05) is 29.3 Å². The van der Waals surface area contributed by atoms with Gasteiger partial charge in [-0.15, -0.1) is 0 Å². The van der Waals surface area contributed by atoms with E-state index in [9.17, 15) is 4.79 Å². The zero-order chi connectivity index (χ0) is 22.8. The van der Waals surface area contributed by atoms with Crippen LogP contribution in [-0.4, -0.2) is 56.3 Å². The van der Waals surface area contributed by atoms with Gasteiger partial charge in [-0.3, -0.25) is 4.79 Å². The highest BCUT2D eigenvalue weighted by Gasteiger charge is 2.24. The number of anilines is 2. The zero-order valence-corrected chi connectivity index (χ0v) is 19.8. The number of hydrogen-bond acceptors (Lipinski definition) is 5. The number of amides is 1. The van der Waals surface area contributed by atoms with E-state index in [1.807, 2.05) is 6.20 Å². The van der Waals surface area contributed by atoms with Crippen LogP contribution in [0.4, 0.5) is 11.5 Å². The summed E-state index contributed by atoms with van der Waals surface area (Å²) in [5, 5.41) is 6.14. The minimum atomic E-state index is -0.181. The van der Waals surface area contributed by atoms with Crippen molar-refractivity contribution in [2.45, 2.75) is 18.9 Å². The Morgan fingerprint density at radius 1 is 1.00 bits per heavy atom. The topological polar surface area (TPSA) is 57.7 Å². The molecular formula is C25H26Cl2N4O2. The minimum Gasteiger partial charge on any atom is -0.378 e. The highest BCUT2D eigenvalue weighted by Crippen LogP contribution is 2.31. The van der Waals surface area contributed by atoms with Crippen molar-refractivity contribution in [1.29, 1.82) is 0 Å². The number of nitrogens with zero attached hydrogens (tertiary/aromatic N) is 3. The lowest BCUT2D eigenvalue weighted by atomic mass is 10.0. The van der Waals surface area contributed by atoms with Crippen LogP contribution in [0.1, 0.15) is 23.2 Å². The number of rotatable bonds is 4. The maximum atomic E-state index is 12.7. The van der Waals surface area contributed by atoms with Crippen molar-refractivity contribution in [2.75, 3.05) is 49.2 Å². The van der Waals surface area contributed by atoms with E-state index in [0.717, 1.165) is 63.4 Å². The van der Waals surface area contributed by atoms with E-state index >= 15 is 0 Å². The molecule has 2 aromatic carbocycles. The van der Waals surface area contributed by atoms with Gasteiger partial charge in [-0.25, -0.2) is 4.98 Å². The number of morpholine rings is 1. The fraction of sp³-hybridized carbons (Fsp3) is 0.360. The van der Waals surface area contributed by atoms with Crippen molar-refractivity contribution in [3.8, 4) is 0 Å². The molecule has 5 rings (SSSR count). The van der Waals surface area contributed by atoms with Crippen molar-refractivity contribution in [2.24, 2.45) is 0 Å². The van der Waals surface area contributed by atoms with Crippen molar-refractivity contribution in [3.63, 3.8) is 0 Å². The molecule has 2 aliphatic rings. The first-order valence-electron chi connectivity index (χ1n) is 11.3. The number of nitrogens with one attached hydrogen (secondary N) is 1. The van der Waals surface area contributed by atoms with Gasteiger partial charge in [0.2, 0.25) is 0 Å². The van der Waals surface area contributed by atoms with E-state index in [-0.39, 0.29) is 11.9 Å². The van der Waals surface area contributed by atoms with E-state index in [2.05, 4.69) is 39.4 Å². The summed E-state index contributed by atoms with van der Waals surface area (Å²) < 4.78 is 5.48. The lowest BCUT2D eigenvalue weighted by Crippen LogP contribution is -2.45. The third-order valence-electron chi connectivity index (χ3n) is 6.43. The fourth-order valence-corrected chi connectivity index (χ4v) is 4.98. The number of ether oxygens (including phenoxy) is 1. The molecule has 3 aromatic rings. The largest absolute Gasteiger partial charge is 0.378 e. The lowest BCUT2D eigenvalue weighted by molar-refractivity contribution is 0.0931. The number of piperidine rings is 1. The number of pyridine rings is 1. The molecule has 8 heteroatoms. The smallest absolute Gasteiger partial charge is 0.253 e. The van der Waals surface area contributed by atoms with Crippen LogP contribution in [0.5, 0.6) is 0 Å². The molecule has 1 N–H and O–H groups in total. The first-order valence-corrected chi connectivity index (χ1v) is 12.1. The molecule has 3 heterocycles. The summed E-state index contributed by atoms with van der Waals surface area (Å²) in [7, 11) is 0. The molecule has 1 aromatic heterocycles. The average Bonchev–Trinajstić information content (AvgIpc) is 2.86. The van der Waals surface area contributed by atoms with Gasteiger partial charge >= 0.3 is 0 Å². The number of halogens is 2. The number of hydrogen-bond donors (Lipinski definition) is 1. The molecule has 0 bridgehead atoms. The van der Waals surface area contributed by atoms with Gasteiger partial charge in [-0.05, 0) is 54.6 Å². The van der Waals surface area contributed by atoms with Gasteiger partial charge < -0.3 is 19.9 Å². The molecule has 0 atom stereocenters.